The Kier molecular flexibility index (Phi) is 6.85. The lowest BCUT2D eigenvalue weighted by molar-refractivity contribution is -0.151. The van der Waals surface area contributed by atoms with E-state index < -0.39 is 10.0 Å². The second kappa shape index (κ2) is 9.33. The molecule has 1 saturated heterocycles. The molecule has 1 aliphatic carbocycles. The zero-order valence-corrected chi connectivity index (χ0v) is 16.3. The Morgan fingerprint density at radius 2 is 1.85 bits per heavy atom. The third kappa shape index (κ3) is 5.78. The Labute approximate surface area is 161 Å². The van der Waals surface area contributed by atoms with Crippen molar-refractivity contribution in [3.8, 4) is 0 Å². The van der Waals surface area contributed by atoms with Gasteiger partial charge in [0.25, 0.3) is 0 Å². The van der Waals surface area contributed by atoms with Gasteiger partial charge in [0.2, 0.25) is 10.0 Å². The molecule has 1 unspecified atom stereocenters. The molecule has 1 fully saturated rings. The van der Waals surface area contributed by atoms with E-state index in [1.165, 1.54) is 9.71 Å². The highest BCUT2D eigenvalue weighted by Gasteiger charge is 2.31. The molecule has 0 saturated carbocycles. The summed E-state index contributed by atoms with van der Waals surface area (Å²) in [5, 5.41) is 1.25. The Balaban J connectivity index is 1.46. The molecule has 27 heavy (non-hydrogen) atoms. The summed E-state index contributed by atoms with van der Waals surface area (Å²) in [5.74, 6) is 0.0395. The van der Waals surface area contributed by atoms with Crippen molar-refractivity contribution >= 4 is 22.1 Å². The molecule has 1 aromatic rings. The van der Waals surface area contributed by atoms with Gasteiger partial charge in [-0.25, -0.2) is 8.42 Å². The molecule has 5 nitrogen and oxygen atoms in total. The number of hydrogen-bond acceptors (Lipinski definition) is 4. The van der Waals surface area contributed by atoms with Gasteiger partial charge in [0.05, 0.1) is 12.5 Å². The van der Waals surface area contributed by atoms with Crippen LogP contribution in [0, 0.1) is 11.8 Å². The minimum atomic E-state index is -3.47. The fourth-order valence-corrected chi connectivity index (χ4v) is 4.71. The molecule has 0 aromatic heterocycles. The molecule has 0 bridgehead atoms. The Morgan fingerprint density at radius 1 is 1.11 bits per heavy atom. The molecule has 0 radical (unpaired) electrons. The lowest BCUT2D eigenvalue weighted by atomic mass is 9.95. The average Bonchev–Trinajstić information content (AvgIpc) is 2.72. The zero-order chi connectivity index (χ0) is 19.1. The lowest BCUT2D eigenvalue weighted by Crippen LogP contribution is -2.39. The molecule has 0 amide bonds. The fraction of sp³-hybridized carbons (Fsp3) is 0.476. The molecule has 1 aliphatic heterocycles. The molecule has 0 spiro atoms. The first-order valence-electron chi connectivity index (χ1n) is 9.59. The quantitative estimate of drug-likeness (QED) is 0.551. The van der Waals surface area contributed by atoms with Crippen LogP contribution in [0.5, 0.6) is 0 Å². The van der Waals surface area contributed by atoms with Crippen LogP contribution in [-0.4, -0.2) is 38.4 Å². The van der Waals surface area contributed by atoms with E-state index in [1.807, 2.05) is 30.3 Å². The number of nitrogens with zero attached hydrogens (tertiary/aromatic N) is 1. The largest absolute Gasteiger partial charge is 0.465 e. The molecule has 2 aliphatic rings. The maximum atomic E-state index is 12.5. The predicted molar refractivity (Wildman–Crippen MR) is 106 cm³/mol. The summed E-state index contributed by atoms with van der Waals surface area (Å²) >= 11 is 0. The summed E-state index contributed by atoms with van der Waals surface area (Å²) in [5.41, 5.74) is 0.845. The second-order valence-electron chi connectivity index (χ2n) is 7.21. The molecule has 0 N–H and O–H groups in total. The van der Waals surface area contributed by atoms with Crippen LogP contribution in [0.4, 0.5) is 0 Å². The highest BCUT2D eigenvalue weighted by Crippen LogP contribution is 2.23. The van der Waals surface area contributed by atoms with E-state index in [1.54, 1.807) is 6.08 Å². The molecular formula is C21H27NO4S. The lowest BCUT2D eigenvalue weighted by Gasteiger charge is -2.29. The van der Waals surface area contributed by atoms with E-state index in [-0.39, 0.29) is 11.9 Å². The molecule has 3 rings (SSSR count). The Hall–Kier alpha value is -1.92. The van der Waals surface area contributed by atoms with Crippen LogP contribution >= 0.6 is 0 Å². The monoisotopic (exact) mass is 389 g/mol. The number of benzene rings is 1. The van der Waals surface area contributed by atoms with Gasteiger partial charge in [0.1, 0.15) is 0 Å². The fourth-order valence-electron chi connectivity index (χ4n) is 3.49. The van der Waals surface area contributed by atoms with Crippen molar-refractivity contribution in [1.82, 2.24) is 4.31 Å². The van der Waals surface area contributed by atoms with Crippen molar-refractivity contribution in [1.29, 1.82) is 0 Å². The normalized spacial score (nSPS) is 22.1. The second-order valence-corrected chi connectivity index (χ2v) is 9.03. The topological polar surface area (TPSA) is 63.7 Å². The van der Waals surface area contributed by atoms with Crippen molar-refractivity contribution < 1.29 is 17.9 Å². The van der Waals surface area contributed by atoms with Crippen molar-refractivity contribution in [2.45, 2.75) is 32.1 Å². The molecule has 6 heteroatoms. The first-order valence-corrected chi connectivity index (χ1v) is 11.1. The SMILES string of the molecule is O=C(OCC1CC=CCC1)C1CCN(S(=O)(=O)/C=C/c2ccccc2)CC1. The van der Waals surface area contributed by atoms with Crippen LogP contribution < -0.4 is 0 Å². The van der Waals surface area contributed by atoms with Crippen LogP contribution in [0.2, 0.25) is 0 Å². The number of piperidine rings is 1. The summed E-state index contributed by atoms with van der Waals surface area (Å²) in [6, 6.07) is 9.34. The third-order valence-corrected chi connectivity index (χ3v) is 6.78. The van der Waals surface area contributed by atoms with Gasteiger partial charge in [0, 0.05) is 18.5 Å². The zero-order valence-electron chi connectivity index (χ0n) is 15.5. The number of allylic oxidation sites excluding steroid dienone is 2. The average molecular weight is 390 g/mol. The molecule has 146 valence electrons. The minimum Gasteiger partial charge on any atom is -0.465 e. The summed E-state index contributed by atoms with van der Waals surface area (Å²) in [7, 11) is -3.47. The number of esters is 1. The number of carbonyl (C=O) groups excluding carboxylic acids is 1. The summed E-state index contributed by atoms with van der Waals surface area (Å²) in [4.78, 5) is 12.3. The number of hydrogen-bond donors (Lipinski definition) is 0. The van der Waals surface area contributed by atoms with Gasteiger partial charge in [-0.3, -0.25) is 4.79 Å². The standard InChI is InChI=1S/C21H27NO4S/c23-21(26-17-19-9-5-2-6-10-19)20-11-14-22(15-12-20)27(24,25)16-13-18-7-3-1-4-8-18/h1-5,7-8,13,16,19-20H,6,9-12,14-15,17H2/b16-13+. The van der Waals surface area contributed by atoms with Crippen molar-refractivity contribution in [2.75, 3.05) is 19.7 Å². The van der Waals surface area contributed by atoms with Crippen LogP contribution in [-0.2, 0) is 19.6 Å². The minimum absolute atomic E-state index is 0.179. The van der Waals surface area contributed by atoms with Crippen molar-refractivity contribution in [3.63, 3.8) is 0 Å². The van der Waals surface area contributed by atoms with Crippen LogP contribution in [0.15, 0.2) is 47.9 Å². The molecule has 1 aromatic carbocycles. The summed E-state index contributed by atoms with van der Waals surface area (Å²) < 4.78 is 31.9. The van der Waals surface area contributed by atoms with E-state index in [9.17, 15) is 13.2 Å². The van der Waals surface area contributed by atoms with Gasteiger partial charge < -0.3 is 4.74 Å². The highest BCUT2D eigenvalue weighted by molar-refractivity contribution is 7.92. The predicted octanol–water partition coefficient (Wildman–Crippen LogP) is 3.60. The number of carbonyl (C=O) groups is 1. The van der Waals surface area contributed by atoms with Crippen LogP contribution in [0.1, 0.15) is 37.7 Å². The first kappa shape index (κ1) is 19.8. The molecule has 1 heterocycles. The first-order chi connectivity index (χ1) is 13.0. The third-order valence-electron chi connectivity index (χ3n) is 5.22. The van der Waals surface area contributed by atoms with Gasteiger partial charge in [-0.15, -0.1) is 0 Å². The van der Waals surface area contributed by atoms with E-state index in [0.29, 0.717) is 38.5 Å². The number of sulfonamides is 1. The van der Waals surface area contributed by atoms with E-state index in [2.05, 4.69) is 12.2 Å². The van der Waals surface area contributed by atoms with Gasteiger partial charge in [-0.05, 0) is 49.7 Å². The summed E-state index contributed by atoms with van der Waals surface area (Å²) in [6.07, 6.45) is 10.0. The van der Waals surface area contributed by atoms with Gasteiger partial charge in [-0.2, -0.15) is 4.31 Å². The highest BCUT2D eigenvalue weighted by atomic mass is 32.2. The van der Waals surface area contributed by atoms with Crippen LogP contribution in [0.25, 0.3) is 6.08 Å². The van der Waals surface area contributed by atoms with Gasteiger partial charge in [-0.1, -0.05) is 42.5 Å². The van der Waals surface area contributed by atoms with Gasteiger partial charge >= 0.3 is 5.97 Å². The number of ether oxygens (including phenoxy) is 1. The van der Waals surface area contributed by atoms with Crippen molar-refractivity contribution in [3.05, 3.63) is 53.5 Å². The number of rotatable bonds is 6. The molecular weight excluding hydrogens is 362 g/mol. The van der Waals surface area contributed by atoms with E-state index in [4.69, 9.17) is 4.74 Å². The van der Waals surface area contributed by atoms with E-state index >= 15 is 0 Å². The van der Waals surface area contributed by atoms with Gasteiger partial charge in [0.15, 0.2) is 0 Å². The van der Waals surface area contributed by atoms with Crippen LogP contribution in [0.3, 0.4) is 0 Å². The molecule has 1 atom stereocenters. The maximum Gasteiger partial charge on any atom is 0.309 e. The van der Waals surface area contributed by atoms with E-state index in [0.717, 1.165) is 24.8 Å². The Morgan fingerprint density at radius 3 is 2.52 bits per heavy atom. The summed E-state index contributed by atoms with van der Waals surface area (Å²) in [6.45, 7) is 1.18. The van der Waals surface area contributed by atoms with Crippen molar-refractivity contribution in [2.24, 2.45) is 11.8 Å². The maximum absolute atomic E-state index is 12.5. The Bertz CT molecular complexity index is 778. The smallest absolute Gasteiger partial charge is 0.309 e.